The van der Waals surface area contributed by atoms with Gasteiger partial charge in [-0.25, -0.2) is 4.99 Å². The number of nitrogens with one attached hydrogen (secondary N) is 1. The van der Waals surface area contributed by atoms with E-state index in [1.165, 1.54) is 55.9 Å². The maximum absolute atomic E-state index is 4.08. The lowest BCUT2D eigenvalue weighted by Crippen LogP contribution is -2.12. The molecule has 1 atom stereocenters. The molecule has 0 saturated heterocycles. The first-order chi connectivity index (χ1) is 10.6. The van der Waals surface area contributed by atoms with Crippen LogP contribution in [0.5, 0.6) is 0 Å². The summed E-state index contributed by atoms with van der Waals surface area (Å²) in [5.74, 6) is 1.45. The van der Waals surface area contributed by atoms with E-state index < -0.39 is 0 Å². The third-order valence-electron chi connectivity index (χ3n) is 3.92. The Bertz CT molecular complexity index is 413. The number of hydrogen-bond donors (Lipinski definition) is 1. The molecular formula is C20H34N2. The molecule has 1 unspecified atom stereocenters. The van der Waals surface area contributed by atoms with Crippen LogP contribution in [0.15, 0.2) is 53.8 Å². The molecule has 0 aliphatic carbocycles. The zero-order valence-corrected chi connectivity index (χ0v) is 15.0. The van der Waals surface area contributed by atoms with Gasteiger partial charge < -0.3 is 5.32 Å². The maximum Gasteiger partial charge on any atom is 0.102 e. The Morgan fingerprint density at radius 1 is 1.14 bits per heavy atom. The summed E-state index contributed by atoms with van der Waals surface area (Å²) in [6.45, 7) is 16.2. The zero-order valence-electron chi connectivity index (χ0n) is 15.0. The van der Waals surface area contributed by atoms with E-state index in [1.807, 2.05) is 19.2 Å². The van der Waals surface area contributed by atoms with Gasteiger partial charge in [0, 0.05) is 12.4 Å². The molecule has 0 aliphatic heterocycles. The molecular weight excluding hydrogens is 268 g/mol. The Kier molecular flexibility index (Phi) is 12.2. The second-order valence-electron chi connectivity index (χ2n) is 5.67. The summed E-state index contributed by atoms with van der Waals surface area (Å²) in [4.78, 5) is 4.08. The molecule has 0 aromatic rings. The SMILES string of the molecule is C=C/N=C(\C)N/C=C\C(C)=C(\C=C)C(CC)CCCCCC. The van der Waals surface area contributed by atoms with Gasteiger partial charge >= 0.3 is 0 Å². The minimum absolute atomic E-state index is 0.613. The summed E-state index contributed by atoms with van der Waals surface area (Å²) in [5.41, 5.74) is 2.65. The molecule has 124 valence electrons. The molecule has 0 spiro atoms. The van der Waals surface area contributed by atoms with Crippen molar-refractivity contribution in [1.82, 2.24) is 5.32 Å². The standard InChI is InChI=1S/C20H34N2/c1-7-11-12-13-14-19(8-2)20(9-3)17(5)15-16-22-18(6)21-10-4/h9-10,15-16,19H,3-4,7-8,11-14H2,1-2,5-6H3,(H,21,22)/b16-15-,20-17-. The molecule has 1 N–H and O–H groups in total. The van der Waals surface area contributed by atoms with Crippen molar-refractivity contribution < 1.29 is 0 Å². The summed E-state index contributed by atoms with van der Waals surface area (Å²) in [7, 11) is 0. The quantitative estimate of drug-likeness (QED) is 0.210. The number of amidine groups is 1. The Morgan fingerprint density at radius 2 is 1.86 bits per heavy atom. The van der Waals surface area contributed by atoms with E-state index in [4.69, 9.17) is 0 Å². The molecule has 0 saturated carbocycles. The van der Waals surface area contributed by atoms with Gasteiger partial charge in [0.05, 0.1) is 0 Å². The van der Waals surface area contributed by atoms with Crippen molar-refractivity contribution in [2.75, 3.05) is 0 Å². The van der Waals surface area contributed by atoms with E-state index in [-0.39, 0.29) is 0 Å². The molecule has 0 heterocycles. The first-order valence-electron chi connectivity index (χ1n) is 8.52. The summed E-state index contributed by atoms with van der Waals surface area (Å²) in [6.07, 6.45) is 15.3. The first-order valence-corrected chi connectivity index (χ1v) is 8.52. The fourth-order valence-electron chi connectivity index (χ4n) is 2.60. The third kappa shape index (κ3) is 8.66. The average Bonchev–Trinajstić information content (AvgIpc) is 2.50. The van der Waals surface area contributed by atoms with Crippen LogP contribution in [0, 0.1) is 5.92 Å². The smallest absolute Gasteiger partial charge is 0.102 e. The van der Waals surface area contributed by atoms with E-state index in [1.54, 1.807) is 0 Å². The molecule has 0 bridgehead atoms. The van der Waals surface area contributed by atoms with Crippen LogP contribution in [0.25, 0.3) is 0 Å². The van der Waals surface area contributed by atoms with Gasteiger partial charge in [0.1, 0.15) is 5.84 Å². The molecule has 0 aliphatic rings. The summed E-state index contributed by atoms with van der Waals surface area (Å²) >= 11 is 0. The minimum atomic E-state index is 0.613. The van der Waals surface area contributed by atoms with Gasteiger partial charge in [-0.1, -0.05) is 58.8 Å². The lowest BCUT2D eigenvalue weighted by molar-refractivity contribution is 0.502. The van der Waals surface area contributed by atoms with Gasteiger partial charge in [-0.3, -0.25) is 0 Å². The van der Waals surface area contributed by atoms with Crippen LogP contribution in [0.1, 0.15) is 66.2 Å². The molecule has 0 fully saturated rings. The van der Waals surface area contributed by atoms with Gasteiger partial charge in [-0.15, -0.1) is 0 Å². The second-order valence-corrected chi connectivity index (χ2v) is 5.67. The summed E-state index contributed by atoms with van der Waals surface area (Å²) in [6, 6.07) is 0. The fourth-order valence-corrected chi connectivity index (χ4v) is 2.60. The number of allylic oxidation sites excluding steroid dienone is 4. The van der Waals surface area contributed by atoms with E-state index in [9.17, 15) is 0 Å². The van der Waals surface area contributed by atoms with Crippen LogP contribution >= 0.6 is 0 Å². The third-order valence-corrected chi connectivity index (χ3v) is 3.92. The van der Waals surface area contributed by atoms with Crippen LogP contribution < -0.4 is 5.32 Å². The molecule has 0 rings (SSSR count). The Balaban J connectivity index is 4.76. The normalized spacial score (nSPS) is 14.6. The lowest BCUT2D eigenvalue weighted by Gasteiger charge is -2.18. The first kappa shape index (κ1) is 20.4. The summed E-state index contributed by atoms with van der Waals surface area (Å²) in [5, 5.41) is 3.14. The van der Waals surface area contributed by atoms with Crippen LogP contribution in [-0.2, 0) is 0 Å². The molecule has 0 aromatic heterocycles. The van der Waals surface area contributed by atoms with Crippen molar-refractivity contribution >= 4 is 5.84 Å². The van der Waals surface area contributed by atoms with Crippen molar-refractivity contribution in [2.45, 2.75) is 66.2 Å². The molecule has 0 amide bonds. The Morgan fingerprint density at radius 3 is 2.41 bits per heavy atom. The molecule has 0 radical (unpaired) electrons. The predicted molar refractivity (Wildman–Crippen MR) is 101 cm³/mol. The fraction of sp³-hybridized carbons (Fsp3) is 0.550. The van der Waals surface area contributed by atoms with Gasteiger partial charge in [0.15, 0.2) is 0 Å². The minimum Gasteiger partial charge on any atom is -0.350 e. The van der Waals surface area contributed by atoms with Crippen molar-refractivity contribution in [3.05, 3.63) is 48.9 Å². The molecule has 2 heteroatoms. The van der Waals surface area contributed by atoms with Crippen molar-refractivity contribution in [2.24, 2.45) is 10.9 Å². The number of nitrogens with zero attached hydrogens (tertiary/aromatic N) is 1. The highest BCUT2D eigenvalue weighted by molar-refractivity contribution is 5.80. The average molecular weight is 303 g/mol. The topological polar surface area (TPSA) is 24.4 Å². The van der Waals surface area contributed by atoms with Crippen LogP contribution in [-0.4, -0.2) is 5.84 Å². The van der Waals surface area contributed by atoms with Crippen molar-refractivity contribution in [3.63, 3.8) is 0 Å². The van der Waals surface area contributed by atoms with Gasteiger partial charge in [-0.05, 0) is 49.8 Å². The van der Waals surface area contributed by atoms with Crippen LogP contribution in [0.4, 0.5) is 0 Å². The van der Waals surface area contributed by atoms with Gasteiger partial charge in [0.2, 0.25) is 0 Å². The predicted octanol–water partition coefficient (Wildman–Crippen LogP) is 6.15. The Hall–Kier alpha value is -1.57. The number of hydrogen-bond acceptors (Lipinski definition) is 1. The Labute approximate surface area is 137 Å². The zero-order chi connectivity index (χ0) is 16.8. The molecule has 0 aromatic carbocycles. The van der Waals surface area contributed by atoms with Gasteiger partial charge in [-0.2, -0.15) is 0 Å². The second kappa shape index (κ2) is 13.1. The monoisotopic (exact) mass is 302 g/mol. The molecule has 2 nitrogen and oxygen atoms in total. The van der Waals surface area contributed by atoms with Gasteiger partial charge in [0.25, 0.3) is 0 Å². The van der Waals surface area contributed by atoms with E-state index >= 15 is 0 Å². The highest BCUT2D eigenvalue weighted by Gasteiger charge is 2.11. The lowest BCUT2D eigenvalue weighted by atomic mass is 9.87. The van der Waals surface area contributed by atoms with E-state index in [0.717, 1.165) is 5.84 Å². The number of aliphatic imine (C=N–C) groups is 1. The maximum atomic E-state index is 4.08. The number of unbranched alkanes of at least 4 members (excludes halogenated alkanes) is 3. The van der Waals surface area contributed by atoms with E-state index in [2.05, 4.69) is 50.3 Å². The van der Waals surface area contributed by atoms with E-state index in [0.29, 0.717) is 5.92 Å². The van der Waals surface area contributed by atoms with Crippen molar-refractivity contribution in [1.29, 1.82) is 0 Å². The molecule has 22 heavy (non-hydrogen) atoms. The van der Waals surface area contributed by atoms with Crippen molar-refractivity contribution in [3.8, 4) is 0 Å². The highest BCUT2D eigenvalue weighted by Crippen LogP contribution is 2.26. The van der Waals surface area contributed by atoms with Crippen LogP contribution in [0.2, 0.25) is 0 Å². The largest absolute Gasteiger partial charge is 0.350 e. The number of rotatable bonds is 11. The summed E-state index contributed by atoms with van der Waals surface area (Å²) < 4.78 is 0. The highest BCUT2D eigenvalue weighted by atomic mass is 15.0. The van der Waals surface area contributed by atoms with Crippen LogP contribution in [0.3, 0.4) is 0 Å².